The van der Waals surface area contributed by atoms with Crippen molar-refractivity contribution in [1.29, 1.82) is 0 Å². The summed E-state index contributed by atoms with van der Waals surface area (Å²) in [5.41, 5.74) is 2.47. The van der Waals surface area contributed by atoms with Crippen LogP contribution >= 0.6 is 11.8 Å². The van der Waals surface area contributed by atoms with Crippen molar-refractivity contribution >= 4 is 11.8 Å². The van der Waals surface area contributed by atoms with Crippen LogP contribution in [0.25, 0.3) is 0 Å². The second-order valence-corrected chi connectivity index (χ2v) is 10.6. The number of aliphatic hydroxyl groups excluding tert-OH is 2. The van der Waals surface area contributed by atoms with E-state index in [2.05, 4.69) is 71.4 Å². The summed E-state index contributed by atoms with van der Waals surface area (Å²) in [7, 11) is 0. The van der Waals surface area contributed by atoms with Gasteiger partial charge in [-0.1, -0.05) is 52.0 Å². The third kappa shape index (κ3) is 11.9. The fraction of sp³-hybridized carbons (Fsp3) is 0.739. The van der Waals surface area contributed by atoms with E-state index in [0.717, 1.165) is 24.3 Å². The summed E-state index contributed by atoms with van der Waals surface area (Å²) >= 11 is 1.97. The lowest BCUT2D eigenvalue weighted by molar-refractivity contribution is 0.0243. The second kappa shape index (κ2) is 13.5. The van der Waals surface area contributed by atoms with Crippen molar-refractivity contribution in [3.8, 4) is 0 Å². The molecule has 0 saturated carbocycles. The van der Waals surface area contributed by atoms with E-state index in [4.69, 9.17) is 0 Å². The molecule has 0 saturated heterocycles. The molecule has 5 heteroatoms. The standard InChI is InChI=1S/C23H44N2O2S/c1-10-12-16(3)13-20(15-28-23(7,8)9)18(5)24-14-17(4)25-19(6)22(27)21(26)11-2/h11-12,17,19-22,24-27H,2,5,10,13-15H2,1,3-4,6-9H3/b16-12+/t17?,19-,20+,21-,22?/m0/s1. The number of thioether (sulfide) groups is 1. The molecule has 0 amide bonds. The molecule has 0 fully saturated rings. The molecule has 0 aromatic rings. The highest BCUT2D eigenvalue weighted by atomic mass is 32.2. The average molecular weight is 413 g/mol. The Hall–Kier alpha value is -0.750. The predicted octanol–water partition coefficient (Wildman–Crippen LogP) is 4.26. The first-order chi connectivity index (χ1) is 12.9. The van der Waals surface area contributed by atoms with Crippen molar-refractivity contribution in [3.63, 3.8) is 0 Å². The van der Waals surface area contributed by atoms with Crippen LogP contribution in [0.5, 0.6) is 0 Å². The van der Waals surface area contributed by atoms with Gasteiger partial charge in [0.2, 0.25) is 0 Å². The molecule has 0 rings (SSSR count). The first-order valence-corrected chi connectivity index (χ1v) is 11.4. The van der Waals surface area contributed by atoms with Crippen LogP contribution in [-0.2, 0) is 0 Å². The normalized spacial score (nSPS) is 18.1. The van der Waals surface area contributed by atoms with Gasteiger partial charge in [-0.05, 0) is 33.6 Å². The summed E-state index contributed by atoms with van der Waals surface area (Å²) in [6, 6.07) is -0.110. The summed E-state index contributed by atoms with van der Waals surface area (Å²) < 4.78 is 0.229. The van der Waals surface area contributed by atoms with Gasteiger partial charge < -0.3 is 20.8 Å². The maximum Gasteiger partial charge on any atom is 0.0992 e. The monoisotopic (exact) mass is 412 g/mol. The summed E-state index contributed by atoms with van der Waals surface area (Å²) in [4.78, 5) is 0. The van der Waals surface area contributed by atoms with Crippen molar-refractivity contribution in [3.05, 3.63) is 36.6 Å². The van der Waals surface area contributed by atoms with E-state index >= 15 is 0 Å². The van der Waals surface area contributed by atoms with Gasteiger partial charge in [0.1, 0.15) is 0 Å². The molecular weight excluding hydrogens is 368 g/mol. The van der Waals surface area contributed by atoms with Crippen molar-refractivity contribution in [2.24, 2.45) is 5.92 Å². The zero-order chi connectivity index (χ0) is 21.9. The van der Waals surface area contributed by atoms with Crippen LogP contribution in [0.1, 0.15) is 61.3 Å². The molecule has 0 heterocycles. The SMILES string of the molecule is C=C[C@H](O)C(O)[C@H](C)NC(C)CNC(=C)[C@@H](CSC(C)(C)C)C/C(C)=C/CC. The van der Waals surface area contributed by atoms with E-state index in [9.17, 15) is 10.2 Å². The number of hydrogen-bond donors (Lipinski definition) is 4. The smallest absolute Gasteiger partial charge is 0.0992 e. The van der Waals surface area contributed by atoms with Crippen LogP contribution in [0.4, 0.5) is 0 Å². The lowest BCUT2D eigenvalue weighted by atomic mass is 9.98. The molecule has 0 aliphatic carbocycles. The molecule has 0 spiro atoms. The van der Waals surface area contributed by atoms with Gasteiger partial charge in [-0.25, -0.2) is 0 Å². The lowest BCUT2D eigenvalue weighted by Gasteiger charge is -2.29. The molecular formula is C23H44N2O2S. The molecule has 2 unspecified atom stereocenters. The largest absolute Gasteiger partial charge is 0.388 e. The van der Waals surface area contributed by atoms with Crippen molar-refractivity contribution in [2.45, 2.75) is 90.3 Å². The van der Waals surface area contributed by atoms with Gasteiger partial charge in [-0.15, -0.1) is 6.58 Å². The minimum absolute atomic E-state index is 0.126. The quantitative estimate of drug-likeness (QED) is 0.321. The number of aliphatic hydroxyl groups is 2. The van der Waals surface area contributed by atoms with Gasteiger partial charge in [0.05, 0.1) is 12.2 Å². The van der Waals surface area contributed by atoms with Gasteiger partial charge in [-0.2, -0.15) is 11.8 Å². The zero-order valence-electron chi connectivity index (χ0n) is 19.1. The van der Waals surface area contributed by atoms with Crippen molar-refractivity contribution in [2.75, 3.05) is 12.3 Å². The molecule has 164 valence electrons. The van der Waals surface area contributed by atoms with Crippen LogP contribution in [0.3, 0.4) is 0 Å². The van der Waals surface area contributed by atoms with E-state index in [0.29, 0.717) is 12.5 Å². The van der Waals surface area contributed by atoms with E-state index in [-0.39, 0.29) is 16.8 Å². The summed E-state index contributed by atoms with van der Waals surface area (Å²) in [5.74, 6) is 1.41. The summed E-state index contributed by atoms with van der Waals surface area (Å²) in [5, 5.41) is 26.6. The Kier molecular flexibility index (Phi) is 13.1. The molecule has 0 radical (unpaired) electrons. The van der Waals surface area contributed by atoms with Gasteiger partial charge in [0.25, 0.3) is 0 Å². The summed E-state index contributed by atoms with van der Waals surface area (Å²) in [6.07, 6.45) is 3.93. The van der Waals surface area contributed by atoms with Crippen LogP contribution < -0.4 is 10.6 Å². The first kappa shape index (κ1) is 27.2. The zero-order valence-corrected chi connectivity index (χ0v) is 19.9. The Labute approximate surface area is 178 Å². The van der Waals surface area contributed by atoms with Crippen LogP contribution in [-0.4, -0.2) is 51.5 Å². The Bertz CT molecular complexity index is 499. The molecule has 4 N–H and O–H groups in total. The van der Waals surface area contributed by atoms with Gasteiger partial charge in [-0.3, -0.25) is 0 Å². The van der Waals surface area contributed by atoms with Crippen molar-refractivity contribution < 1.29 is 10.2 Å². The highest BCUT2D eigenvalue weighted by Gasteiger charge is 2.22. The Morgan fingerprint density at radius 3 is 2.32 bits per heavy atom. The Morgan fingerprint density at radius 1 is 1.21 bits per heavy atom. The van der Waals surface area contributed by atoms with E-state index in [1.54, 1.807) is 0 Å². The van der Waals surface area contributed by atoms with Gasteiger partial charge in [0.15, 0.2) is 0 Å². The fourth-order valence-electron chi connectivity index (χ4n) is 2.92. The molecule has 5 atom stereocenters. The highest BCUT2D eigenvalue weighted by molar-refractivity contribution is 8.00. The average Bonchev–Trinajstić information content (AvgIpc) is 2.61. The minimum atomic E-state index is -0.926. The number of rotatable bonds is 14. The van der Waals surface area contributed by atoms with Crippen molar-refractivity contribution in [1.82, 2.24) is 10.6 Å². The third-order valence-electron chi connectivity index (χ3n) is 4.62. The number of nitrogens with one attached hydrogen (secondary N) is 2. The third-order valence-corrected chi connectivity index (χ3v) is 6.05. The fourth-order valence-corrected chi connectivity index (χ4v) is 3.94. The Balaban J connectivity index is 4.74. The molecule has 0 bridgehead atoms. The minimum Gasteiger partial charge on any atom is -0.388 e. The maximum atomic E-state index is 10.1. The molecule has 0 aromatic carbocycles. The van der Waals surface area contributed by atoms with Crippen LogP contribution in [0.15, 0.2) is 36.6 Å². The predicted molar refractivity (Wildman–Crippen MR) is 126 cm³/mol. The van der Waals surface area contributed by atoms with Gasteiger partial charge in [0, 0.05) is 40.7 Å². The van der Waals surface area contributed by atoms with Crippen LogP contribution in [0, 0.1) is 5.92 Å². The topological polar surface area (TPSA) is 64.5 Å². The maximum absolute atomic E-state index is 10.1. The van der Waals surface area contributed by atoms with Crippen LogP contribution in [0.2, 0.25) is 0 Å². The van der Waals surface area contributed by atoms with E-state index in [1.165, 1.54) is 11.6 Å². The number of allylic oxidation sites excluding steroid dienone is 3. The molecule has 0 aliphatic rings. The van der Waals surface area contributed by atoms with Gasteiger partial charge >= 0.3 is 0 Å². The van der Waals surface area contributed by atoms with E-state index in [1.807, 2.05) is 18.7 Å². The number of hydrogen-bond acceptors (Lipinski definition) is 5. The molecule has 28 heavy (non-hydrogen) atoms. The first-order valence-electron chi connectivity index (χ1n) is 10.4. The van der Waals surface area contributed by atoms with E-state index < -0.39 is 12.2 Å². The Morgan fingerprint density at radius 2 is 1.82 bits per heavy atom. The highest BCUT2D eigenvalue weighted by Crippen LogP contribution is 2.30. The lowest BCUT2D eigenvalue weighted by Crippen LogP contribution is -2.49. The summed E-state index contributed by atoms with van der Waals surface area (Å²) in [6.45, 7) is 23.6. The molecule has 0 aliphatic heterocycles. The molecule has 0 aromatic heterocycles. The second-order valence-electron chi connectivity index (χ2n) is 8.76. The molecule has 4 nitrogen and oxygen atoms in total.